The first-order chi connectivity index (χ1) is 14.3. The van der Waals surface area contributed by atoms with Gasteiger partial charge in [0.2, 0.25) is 10.0 Å². The first-order valence-electron chi connectivity index (χ1n) is 10.3. The van der Waals surface area contributed by atoms with Crippen LogP contribution in [0, 0.1) is 0 Å². The summed E-state index contributed by atoms with van der Waals surface area (Å²) in [7, 11) is -1.60. The quantitative estimate of drug-likeness (QED) is 0.233. The van der Waals surface area contributed by atoms with Crippen molar-refractivity contribution in [1.29, 1.82) is 0 Å². The number of sulfonamides is 1. The van der Waals surface area contributed by atoms with Gasteiger partial charge in [0, 0.05) is 38.2 Å². The summed E-state index contributed by atoms with van der Waals surface area (Å²) in [4.78, 5) is 4.26. The highest BCUT2D eigenvalue weighted by Crippen LogP contribution is 2.15. The number of nitrogens with one attached hydrogen (secondary N) is 3. The van der Waals surface area contributed by atoms with Crippen molar-refractivity contribution < 1.29 is 12.9 Å². The predicted octanol–water partition coefficient (Wildman–Crippen LogP) is 3.11. The zero-order chi connectivity index (χ0) is 22.1. The summed E-state index contributed by atoms with van der Waals surface area (Å²) in [5, 5.41) is 10.7. The van der Waals surface area contributed by atoms with E-state index in [1.54, 1.807) is 7.05 Å². The third-order valence-corrected chi connectivity index (χ3v) is 6.06. The minimum absolute atomic E-state index is 0. The molecule has 10 heteroatoms. The Hall–Kier alpha value is -1.66. The second-order valence-corrected chi connectivity index (χ2v) is 9.12. The molecule has 8 nitrogen and oxygen atoms in total. The Kier molecular flexibility index (Phi) is 11.5. The Labute approximate surface area is 202 Å². The Bertz CT molecular complexity index is 919. The van der Waals surface area contributed by atoms with Gasteiger partial charge in [0.05, 0.1) is 11.4 Å². The summed E-state index contributed by atoms with van der Waals surface area (Å²) in [5.41, 5.74) is 3.83. The summed E-state index contributed by atoms with van der Waals surface area (Å²) < 4.78 is 32.1. The van der Waals surface area contributed by atoms with Crippen LogP contribution >= 0.6 is 24.0 Å². The molecule has 2 aromatic rings. The van der Waals surface area contributed by atoms with Crippen molar-refractivity contribution in [2.45, 2.75) is 65.4 Å². The van der Waals surface area contributed by atoms with Crippen LogP contribution in [0.1, 0.15) is 55.8 Å². The van der Waals surface area contributed by atoms with Crippen LogP contribution in [0.25, 0.3) is 0 Å². The summed E-state index contributed by atoms with van der Waals surface area (Å²) in [5.74, 6) is 1.54. The fraction of sp³-hybridized carbons (Fsp3) is 0.524. The van der Waals surface area contributed by atoms with Crippen LogP contribution in [0.3, 0.4) is 0 Å². The fourth-order valence-electron chi connectivity index (χ4n) is 3.09. The molecule has 0 aliphatic rings. The van der Waals surface area contributed by atoms with E-state index >= 15 is 0 Å². The standard InChI is InChI=1S/C21H33N5O3S.HI/c1-6-19-18(20(7-2)29-25-19)13-24-21(22-5)23-12-16-8-10-17(11-9-16)14-30(27,28)26-15(3)4;/h8-11,15,26H,6-7,12-14H2,1-5H3,(H2,22,23,24);1H. The lowest BCUT2D eigenvalue weighted by Gasteiger charge is -2.13. The first-order valence-corrected chi connectivity index (χ1v) is 11.9. The number of benzene rings is 1. The molecule has 0 aliphatic heterocycles. The van der Waals surface area contributed by atoms with Crippen molar-refractivity contribution in [1.82, 2.24) is 20.5 Å². The van der Waals surface area contributed by atoms with E-state index < -0.39 is 10.0 Å². The van der Waals surface area contributed by atoms with Gasteiger partial charge in [-0.2, -0.15) is 0 Å². The highest BCUT2D eigenvalue weighted by molar-refractivity contribution is 14.0. The topological polar surface area (TPSA) is 109 Å². The second-order valence-electron chi connectivity index (χ2n) is 7.37. The van der Waals surface area contributed by atoms with Crippen molar-refractivity contribution in [3.63, 3.8) is 0 Å². The summed E-state index contributed by atoms with van der Waals surface area (Å²) in [6.45, 7) is 8.88. The maximum atomic E-state index is 12.1. The highest BCUT2D eigenvalue weighted by Gasteiger charge is 2.14. The maximum Gasteiger partial charge on any atom is 0.216 e. The number of hydrogen-bond acceptors (Lipinski definition) is 5. The molecule has 1 aromatic heterocycles. The average Bonchev–Trinajstić information content (AvgIpc) is 3.10. The molecule has 0 amide bonds. The number of halogens is 1. The number of aromatic nitrogens is 1. The molecular formula is C21H34IN5O3S. The lowest BCUT2D eigenvalue weighted by Crippen LogP contribution is -2.36. The maximum absolute atomic E-state index is 12.1. The molecule has 2 rings (SSSR count). The minimum Gasteiger partial charge on any atom is -0.361 e. The van der Waals surface area contributed by atoms with Gasteiger partial charge in [-0.3, -0.25) is 4.99 Å². The van der Waals surface area contributed by atoms with E-state index in [1.807, 2.05) is 45.0 Å². The van der Waals surface area contributed by atoms with Crippen LogP contribution < -0.4 is 15.4 Å². The third-order valence-electron chi connectivity index (χ3n) is 4.52. The van der Waals surface area contributed by atoms with Crippen LogP contribution in [0.5, 0.6) is 0 Å². The number of guanidine groups is 1. The largest absolute Gasteiger partial charge is 0.361 e. The van der Waals surface area contributed by atoms with Gasteiger partial charge < -0.3 is 15.2 Å². The van der Waals surface area contributed by atoms with Crippen molar-refractivity contribution in [2.75, 3.05) is 7.05 Å². The van der Waals surface area contributed by atoms with Gasteiger partial charge in [-0.05, 0) is 31.4 Å². The first kappa shape index (κ1) is 27.4. The SMILES string of the molecule is CCc1noc(CC)c1CNC(=NC)NCc1ccc(CS(=O)(=O)NC(C)C)cc1.I. The van der Waals surface area contributed by atoms with Gasteiger partial charge in [0.15, 0.2) is 5.96 Å². The third kappa shape index (κ3) is 8.77. The van der Waals surface area contributed by atoms with Crippen LogP contribution in [0.4, 0.5) is 0 Å². The molecular weight excluding hydrogens is 529 g/mol. The van der Waals surface area contributed by atoms with Gasteiger partial charge >= 0.3 is 0 Å². The van der Waals surface area contributed by atoms with Gasteiger partial charge in [-0.1, -0.05) is 43.3 Å². The number of hydrogen-bond donors (Lipinski definition) is 3. The molecule has 0 atom stereocenters. The Balaban J connectivity index is 0.00000480. The molecule has 0 bridgehead atoms. The second kappa shape index (κ2) is 13.0. The van der Waals surface area contributed by atoms with E-state index in [0.29, 0.717) is 19.0 Å². The lowest BCUT2D eigenvalue weighted by molar-refractivity contribution is 0.380. The molecule has 1 aromatic carbocycles. The van der Waals surface area contributed by atoms with Gasteiger partial charge in [-0.15, -0.1) is 24.0 Å². The Morgan fingerprint density at radius 3 is 2.23 bits per heavy atom. The van der Waals surface area contributed by atoms with Gasteiger partial charge in [-0.25, -0.2) is 13.1 Å². The molecule has 0 saturated heterocycles. The molecule has 3 N–H and O–H groups in total. The molecule has 0 fully saturated rings. The summed E-state index contributed by atoms with van der Waals surface area (Å²) in [6.07, 6.45) is 1.62. The van der Waals surface area contributed by atoms with Crippen LogP contribution in [-0.4, -0.2) is 32.6 Å². The number of aryl methyl sites for hydroxylation is 2. The van der Waals surface area contributed by atoms with E-state index in [-0.39, 0.29) is 35.8 Å². The van der Waals surface area contributed by atoms with E-state index in [4.69, 9.17) is 4.52 Å². The number of aliphatic imine (C=N–C) groups is 1. The molecule has 0 unspecified atom stereocenters. The Morgan fingerprint density at radius 2 is 1.68 bits per heavy atom. The Morgan fingerprint density at radius 1 is 1.06 bits per heavy atom. The van der Waals surface area contributed by atoms with E-state index in [0.717, 1.165) is 41.0 Å². The van der Waals surface area contributed by atoms with Crippen molar-refractivity contribution in [3.8, 4) is 0 Å². The van der Waals surface area contributed by atoms with Crippen molar-refractivity contribution in [3.05, 3.63) is 52.4 Å². The molecule has 0 saturated carbocycles. The van der Waals surface area contributed by atoms with Crippen LogP contribution in [0.15, 0.2) is 33.8 Å². The molecule has 174 valence electrons. The molecule has 1 heterocycles. The predicted molar refractivity (Wildman–Crippen MR) is 135 cm³/mol. The zero-order valence-corrected chi connectivity index (χ0v) is 22.0. The van der Waals surface area contributed by atoms with E-state index in [9.17, 15) is 8.42 Å². The van der Waals surface area contributed by atoms with Crippen molar-refractivity contribution >= 4 is 40.0 Å². The molecule has 0 radical (unpaired) electrons. The minimum atomic E-state index is -3.32. The van der Waals surface area contributed by atoms with Gasteiger partial charge in [0.25, 0.3) is 0 Å². The summed E-state index contributed by atoms with van der Waals surface area (Å²) in [6, 6.07) is 7.41. The van der Waals surface area contributed by atoms with Crippen LogP contribution in [0.2, 0.25) is 0 Å². The van der Waals surface area contributed by atoms with E-state index in [1.165, 1.54) is 0 Å². The van der Waals surface area contributed by atoms with Crippen LogP contribution in [-0.2, 0) is 41.7 Å². The lowest BCUT2D eigenvalue weighted by atomic mass is 10.1. The zero-order valence-electron chi connectivity index (χ0n) is 18.9. The molecule has 31 heavy (non-hydrogen) atoms. The number of nitrogens with zero attached hydrogens (tertiary/aromatic N) is 2. The highest BCUT2D eigenvalue weighted by atomic mass is 127. The van der Waals surface area contributed by atoms with E-state index in [2.05, 4.69) is 32.4 Å². The molecule has 0 aliphatic carbocycles. The molecule has 0 spiro atoms. The van der Waals surface area contributed by atoms with Gasteiger partial charge in [0.1, 0.15) is 5.76 Å². The normalized spacial score (nSPS) is 12.0. The summed E-state index contributed by atoms with van der Waals surface area (Å²) >= 11 is 0. The average molecular weight is 564 g/mol. The smallest absolute Gasteiger partial charge is 0.216 e. The number of rotatable bonds is 10. The fourth-order valence-corrected chi connectivity index (χ4v) is 4.52. The van der Waals surface area contributed by atoms with Crippen molar-refractivity contribution in [2.24, 2.45) is 4.99 Å². The monoisotopic (exact) mass is 563 g/mol.